The Morgan fingerprint density at radius 2 is 0.857 bits per heavy atom. The van der Waals surface area contributed by atoms with Crippen molar-refractivity contribution in [3.05, 3.63) is 96.1 Å². The molecule has 0 saturated heterocycles. The first kappa shape index (κ1) is 18.8. The molecule has 0 spiro atoms. The Hall–Kier alpha value is -3.46. The smallest absolute Gasteiger partial charge is 0.0549 e. The van der Waals surface area contributed by atoms with Crippen LogP contribution in [0.4, 0.5) is 0 Å². The molecule has 2 heteroatoms. The van der Waals surface area contributed by atoms with Crippen LogP contribution in [-0.4, -0.2) is 10.4 Å². The van der Waals surface area contributed by atoms with Crippen molar-refractivity contribution in [2.45, 2.75) is 13.1 Å². The second-order valence-corrected chi connectivity index (χ2v) is 10.7. The van der Waals surface area contributed by atoms with E-state index in [1.165, 1.54) is 86.5 Å². The van der Waals surface area contributed by atoms with E-state index in [1.54, 1.807) is 0 Å². The third kappa shape index (κ3) is 2.19. The lowest BCUT2D eigenvalue weighted by molar-refractivity contribution is 0.303. The quantitative estimate of drug-likeness (QED) is 0.0921. The summed E-state index contributed by atoms with van der Waals surface area (Å²) in [5.41, 5.74) is 3.79. The van der Waals surface area contributed by atoms with Gasteiger partial charge in [0.2, 0.25) is 0 Å². The van der Waals surface area contributed by atoms with E-state index in [0.717, 1.165) is 18.5 Å². The molecule has 0 atom stereocenters. The van der Waals surface area contributed by atoms with Crippen LogP contribution in [0.5, 0.6) is 0 Å². The van der Waals surface area contributed by atoms with Gasteiger partial charge < -0.3 is 0 Å². The predicted molar refractivity (Wildman–Crippen MR) is 154 cm³/mol. The molecule has 1 nitrogen and oxygen atoms in total. The highest BCUT2D eigenvalue weighted by Gasteiger charge is 2.23. The van der Waals surface area contributed by atoms with Gasteiger partial charge in [0.15, 0.2) is 0 Å². The van der Waals surface area contributed by atoms with Crippen molar-refractivity contribution in [1.29, 1.82) is 0 Å². The second-order valence-electron chi connectivity index (χ2n) is 10.2. The molecule has 0 bridgehead atoms. The SMILES string of the molecule is BrCN1Cc2ccc3c4ccc5c6cccc7cccc(c8ccc(c9ccc(c2c39)C1)c4c58)c76. The van der Waals surface area contributed by atoms with E-state index in [0.29, 0.717) is 0 Å². The lowest BCUT2D eigenvalue weighted by Gasteiger charge is -2.29. The summed E-state index contributed by atoms with van der Waals surface area (Å²) in [5.74, 6) is 0. The van der Waals surface area contributed by atoms with E-state index in [2.05, 4.69) is 106 Å². The highest BCUT2D eigenvalue weighted by molar-refractivity contribution is 9.09. The average Bonchev–Trinajstić information content (AvgIpc) is 2.92. The Balaban J connectivity index is 1.56. The van der Waals surface area contributed by atoms with E-state index in [4.69, 9.17) is 0 Å². The zero-order valence-electron chi connectivity index (χ0n) is 19.0. The summed E-state index contributed by atoms with van der Waals surface area (Å²) in [6, 6.07) is 32.5. The van der Waals surface area contributed by atoms with Crippen molar-refractivity contribution >= 4 is 91.3 Å². The molecular weight excluding hydrogens is 490 g/mol. The second kappa shape index (κ2) is 6.40. The number of nitrogens with zero attached hydrogens (tertiary/aromatic N) is 1. The first-order valence-electron chi connectivity index (χ1n) is 12.3. The maximum Gasteiger partial charge on any atom is 0.0549 e. The number of hydrogen-bond acceptors (Lipinski definition) is 1. The van der Waals surface area contributed by atoms with Gasteiger partial charge in [-0.05, 0) is 86.5 Å². The van der Waals surface area contributed by atoms with Crippen molar-refractivity contribution in [3.8, 4) is 0 Å². The molecule has 0 aromatic heterocycles. The van der Waals surface area contributed by atoms with Gasteiger partial charge in [0.1, 0.15) is 0 Å². The monoisotopic (exact) mass is 509 g/mol. The van der Waals surface area contributed by atoms with Crippen molar-refractivity contribution in [3.63, 3.8) is 0 Å². The molecule has 0 radical (unpaired) electrons. The summed E-state index contributed by atoms with van der Waals surface area (Å²) in [7, 11) is 0. The molecule has 0 fully saturated rings. The van der Waals surface area contributed by atoms with Gasteiger partial charge in [-0.15, -0.1) is 0 Å². The van der Waals surface area contributed by atoms with E-state index in [-0.39, 0.29) is 0 Å². The van der Waals surface area contributed by atoms with Gasteiger partial charge >= 0.3 is 0 Å². The normalized spacial score (nSPS) is 14.8. The maximum absolute atomic E-state index is 3.68. The summed E-state index contributed by atoms with van der Waals surface area (Å²) in [6.45, 7) is 2.00. The van der Waals surface area contributed by atoms with E-state index < -0.39 is 0 Å². The standard InChI is InChI=1S/C33H20BrN/c34-17-35-15-19-7-9-23-27-13-11-25-21-5-1-3-18-4-2-6-22(30(18)21)26-12-14-28(33(27)32(25)26)24-10-8-20(16-35)29(19)31(23)24/h1-14H,15-17H2. The van der Waals surface area contributed by atoms with Crippen LogP contribution in [-0.2, 0) is 13.1 Å². The first-order chi connectivity index (χ1) is 17.3. The van der Waals surface area contributed by atoms with Crippen LogP contribution in [0.2, 0.25) is 0 Å². The number of hydrogen-bond donors (Lipinski definition) is 0. The Labute approximate surface area is 210 Å². The minimum atomic E-state index is 0.902. The van der Waals surface area contributed by atoms with Crippen LogP contribution in [0.15, 0.2) is 84.9 Å². The Morgan fingerprint density at radius 3 is 1.31 bits per heavy atom. The molecule has 1 aliphatic rings. The molecule has 1 aliphatic heterocycles. The third-order valence-corrected chi connectivity index (χ3v) is 9.23. The Bertz CT molecular complexity index is 2020. The van der Waals surface area contributed by atoms with Gasteiger partial charge in [0, 0.05) is 13.1 Å². The van der Waals surface area contributed by atoms with Crippen LogP contribution < -0.4 is 0 Å². The zero-order chi connectivity index (χ0) is 22.8. The number of alkyl halides is 1. The van der Waals surface area contributed by atoms with E-state index >= 15 is 0 Å². The number of halogens is 1. The molecule has 0 saturated carbocycles. The average molecular weight is 510 g/mol. The van der Waals surface area contributed by atoms with Crippen LogP contribution in [0.25, 0.3) is 75.4 Å². The van der Waals surface area contributed by atoms with Crippen molar-refractivity contribution in [2.24, 2.45) is 0 Å². The highest BCUT2D eigenvalue weighted by atomic mass is 79.9. The summed E-state index contributed by atoms with van der Waals surface area (Å²) in [4.78, 5) is 2.46. The number of fused-ring (bicyclic) bond motifs is 4. The van der Waals surface area contributed by atoms with Gasteiger partial charge in [-0.25, -0.2) is 0 Å². The van der Waals surface area contributed by atoms with Crippen LogP contribution in [0.1, 0.15) is 11.1 Å². The van der Waals surface area contributed by atoms with Crippen LogP contribution in [0, 0.1) is 0 Å². The van der Waals surface area contributed by atoms with Crippen LogP contribution >= 0.6 is 15.9 Å². The molecule has 0 aliphatic carbocycles. The fourth-order valence-electron chi connectivity index (χ4n) is 7.16. The molecule has 9 rings (SSSR count). The largest absolute Gasteiger partial charge is 0.285 e. The minimum Gasteiger partial charge on any atom is -0.285 e. The molecule has 0 amide bonds. The summed E-state index contributed by atoms with van der Waals surface area (Å²) in [5, 5.41) is 19.5. The summed E-state index contributed by atoms with van der Waals surface area (Å²) >= 11 is 3.68. The van der Waals surface area contributed by atoms with Gasteiger partial charge in [0.05, 0.1) is 5.45 Å². The van der Waals surface area contributed by atoms with Crippen molar-refractivity contribution in [2.75, 3.05) is 5.45 Å². The van der Waals surface area contributed by atoms with Gasteiger partial charge in [-0.2, -0.15) is 0 Å². The molecular formula is C33H20BrN. The molecule has 8 aromatic carbocycles. The maximum atomic E-state index is 3.68. The molecule has 0 unspecified atom stereocenters. The minimum absolute atomic E-state index is 0.902. The number of benzene rings is 8. The Kier molecular flexibility index (Phi) is 3.44. The highest BCUT2D eigenvalue weighted by Crippen LogP contribution is 2.48. The summed E-state index contributed by atoms with van der Waals surface area (Å²) in [6.07, 6.45) is 0. The first-order valence-corrected chi connectivity index (χ1v) is 13.4. The number of rotatable bonds is 1. The fourth-order valence-corrected chi connectivity index (χ4v) is 7.52. The molecule has 35 heavy (non-hydrogen) atoms. The fraction of sp³-hybridized carbons (Fsp3) is 0.0909. The Morgan fingerprint density at radius 1 is 0.457 bits per heavy atom. The molecule has 8 aromatic rings. The molecule has 1 heterocycles. The molecule has 0 N–H and O–H groups in total. The predicted octanol–water partition coefficient (Wildman–Crippen LogP) is 9.30. The zero-order valence-corrected chi connectivity index (χ0v) is 20.6. The molecule has 164 valence electrons. The topological polar surface area (TPSA) is 3.24 Å². The third-order valence-electron chi connectivity index (χ3n) is 8.52. The van der Waals surface area contributed by atoms with E-state index in [9.17, 15) is 0 Å². The van der Waals surface area contributed by atoms with Gasteiger partial charge in [0.25, 0.3) is 0 Å². The summed E-state index contributed by atoms with van der Waals surface area (Å²) < 4.78 is 0. The van der Waals surface area contributed by atoms with Gasteiger partial charge in [-0.3, -0.25) is 4.90 Å². The van der Waals surface area contributed by atoms with Crippen LogP contribution in [0.3, 0.4) is 0 Å². The van der Waals surface area contributed by atoms with Gasteiger partial charge in [-0.1, -0.05) is 101 Å². The van der Waals surface area contributed by atoms with E-state index in [1.807, 2.05) is 0 Å². The lowest BCUT2D eigenvalue weighted by Crippen LogP contribution is -2.24. The lowest BCUT2D eigenvalue weighted by atomic mass is 9.82. The van der Waals surface area contributed by atoms with Crippen molar-refractivity contribution in [1.82, 2.24) is 4.90 Å². The van der Waals surface area contributed by atoms with Crippen molar-refractivity contribution < 1.29 is 0 Å².